The first-order valence-corrected chi connectivity index (χ1v) is 8.17. The van der Waals surface area contributed by atoms with Gasteiger partial charge in [0.15, 0.2) is 5.88 Å². The van der Waals surface area contributed by atoms with E-state index in [2.05, 4.69) is 59.7 Å². The number of carbonyl (C=O) groups excluding carboxylic acids is 1. The van der Waals surface area contributed by atoms with Gasteiger partial charge in [0, 0.05) is 5.57 Å². The SMILES string of the molecule is C=CC(=C(/O)NC(N)=O)/C(C=C)=C/C=C(\C=C)C(C)(C)CC(C)(C)C. The molecule has 0 spiro atoms. The van der Waals surface area contributed by atoms with Gasteiger partial charge in [-0.05, 0) is 28.4 Å². The van der Waals surface area contributed by atoms with Crippen molar-refractivity contribution in [3.8, 4) is 0 Å². The largest absolute Gasteiger partial charge is 0.494 e. The zero-order valence-electron chi connectivity index (χ0n) is 16.1. The van der Waals surface area contributed by atoms with Gasteiger partial charge in [-0.25, -0.2) is 4.79 Å². The molecule has 0 saturated carbocycles. The van der Waals surface area contributed by atoms with Gasteiger partial charge in [-0.2, -0.15) is 0 Å². The van der Waals surface area contributed by atoms with E-state index in [4.69, 9.17) is 5.73 Å². The molecule has 0 aliphatic rings. The number of carbonyl (C=O) groups is 1. The van der Waals surface area contributed by atoms with E-state index in [9.17, 15) is 9.90 Å². The Bertz CT molecular complexity index is 627. The number of hydrogen-bond acceptors (Lipinski definition) is 2. The Morgan fingerprint density at radius 1 is 1.04 bits per heavy atom. The molecule has 138 valence electrons. The minimum absolute atomic E-state index is 0.0750. The van der Waals surface area contributed by atoms with Gasteiger partial charge < -0.3 is 10.8 Å². The normalized spacial score (nSPS) is 14.4. The molecule has 0 unspecified atom stereocenters. The summed E-state index contributed by atoms with van der Waals surface area (Å²) in [5.74, 6) is -0.365. The third-order valence-electron chi connectivity index (χ3n) is 3.65. The van der Waals surface area contributed by atoms with Crippen molar-refractivity contribution in [2.75, 3.05) is 0 Å². The minimum Gasteiger partial charge on any atom is -0.494 e. The number of hydrogen-bond donors (Lipinski definition) is 3. The number of amides is 2. The summed E-state index contributed by atoms with van der Waals surface area (Å²) in [5.41, 5.74) is 7.14. The van der Waals surface area contributed by atoms with Crippen LogP contribution in [-0.2, 0) is 0 Å². The number of nitrogens with one attached hydrogen (secondary N) is 1. The summed E-state index contributed by atoms with van der Waals surface area (Å²) < 4.78 is 0. The molecule has 0 radical (unpaired) electrons. The number of aliphatic hydroxyl groups is 1. The molecule has 2 amide bonds. The topological polar surface area (TPSA) is 75.3 Å². The van der Waals surface area contributed by atoms with Crippen molar-refractivity contribution in [1.29, 1.82) is 0 Å². The number of primary amides is 1. The second kappa shape index (κ2) is 9.11. The highest BCUT2D eigenvalue weighted by atomic mass is 16.3. The zero-order chi connectivity index (χ0) is 19.8. The van der Waals surface area contributed by atoms with Crippen LogP contribution in [-0.4, -0.2) is 11.1 Å². The molecule has 0 bridgehead atoms. The predicted octanol–water partition coefficient (Wildman–Crippen LogP) is 5.30. The summed E-state index contributed by atoms with van der Waals surface area (Å²) in [7, 11) is 0. The lowest BCUT2D eigenvalue weighted by Gasteiger charge is -2.33. The second-order valence-electron chi connectivity index (χ2n) is 7.73. The van der Waals surface area contributed by atoms with Gasteiger partial charge in [-0.15, -0.1) is 0 Å². The first kappa shape index (κ1) is 22.5. The highest BCUT2D eigenvalue weighted by Crippen LogP contribution is 2.39. The van der Waals surface area contributed by atoms with Gasteiger partial charge in [-0.3, -0.25) is 5.32 Å². The Morgan fingerprint density at radius 3 is 1.96 bits per heavy atom. The molecule has 0 fully saturated rings. The summed E-state index contributed by atoms with van der Waals surface area (Å²) in [5, 5.41) is 12.1. The Kier molecular flexibility index (Phi) is 8.21. The van der Waals surface area contributed by atoms with E-state index < -0.39 is 6.03 Å². The lowest BCUT2D eigenvalue weighted by atomic mass is 9.71. The number of nitrogens with two attached hydrogens (primary N) is 1. The average Bonchev–Trinajstić information content (AvgIpc) is 2.42. The van der Waals surface area contributed by atoms with Crippen molar-refractivity contribution in [1.82, 2.24) is 5.32 Å². The van der Waals surface area contributed by atoms with E-state index >= 15 is 0 Å². The highest BCUT2D eigenvalue weighted by molar-refractivity contribution is 5.74. The summed E-state index contributed by atoms with van der Waals surface area (Å²) in [4.78, 5) is 10.9. The van der Waals surface area contributed by atoms with E-state index in [1.807, 2.05) is 18.2 Å². The number of rotatable bonds is 8. The van der Waals surface area contributed by atoms with Crippen LogP contribution >= 0.6 is 0 Å². The summed E-state index contributed by atoms with van der Waals surface area (Å²) >= 11 is 0. The monoisotopic (exact) mass is 344 g/mol. The van der Waals surface area contributed by atoms with Crippen LogP contribution in [0.1, 0.15) is 41.0 Å². The molecule has 0 aromatic heterocycles. The fourth-order valence-corrected chi connectivity index (χ4v) is 2.98. The molecule has 0 saturated heterocycles. The van der Waals surface area contributed by atoms with E-state index in [1.54, 1.807) is 6.08 Å². The predicted molar refractivity (Wildman–Crippen MR) is 107 cm³/mol. The molecular formula is C21H32N2O2. The maximum Gasteiger partial charge on any atom is 0.318 e. The highest BCUT2D eigenvalue weighted by Gasteiger charge is 2.27. The molecule has 0 aliphatic carbocycles. The van der Waals surface area contributed by atoms with Gasteiger partial charge >= 0.3 is 6.03 Å². The summed E-state index contributed by atoms with van der Waals surface area (Å²) in [6, 6.07) is -0.853. The molecule has 4 heteroatoms. The van der Waals surface area contributed by atoms with E-state index in [0.29, 0.717) is 11.1 Å². The van der Waals surface area contributed by atoms with Gasteiger partial charge in [0.2, 0.25) is 0 Å². The van der Waals surface area contributed by atoms with Crippen molar-refractivity contribution in [2.45, 2.75) is 41.0 Å². The average molecular weight is 344 g/mol. The Balaban J connectivity index is 5.94. The van der Waals surface area contributed by atoms with Gasteiger partial charge in [0.1, 0.15) is 0 Å². The molecule has 0 heterocycles. The summed E-state index contributed by atoms with van der Waals surface area (Å²) in [6.45, 7) is 22.3. The molecule has 0 aliphatic heterocycles. The first-order chi connectivity index (χ1) is 11.4. The standard InChI is InChI=1S/C21H32N2O2/c1-9-15(17(11-3)18(24)23-19(22)25)12-13-16(10-2)21(7,8)14-20(4,5)6/h9-13,24H,1-3,14H2,4-8H3,(H3,22,23,25)/b15-12+,16-13+,18-17-. The van der Waals surface area contributed by atoms with Crippen molar-refractivity contribution >= 4 is 6.03 Å². The molecule has 0 aromatic carbocycles. The zero-order valence-corrected chi connectivity index (χ0v) is 16.1. The molecule has 4 nitrogen and oxygen atoms in total. The summed E-state index contributed by atoms with van der Waals surface area (Å²) in [6.07, 6.45) is 9.57. The lowest BCUT2D eigenvalue weighted by Crippen LogP contribution is -2.29. The van der Waals surface area contributed by atoms with Crippen LogP contribution in [0.2, 0.25) is 0 Å². The maximum absolute atomic E-state index is 10.9. The minimum atomic E-state index is -0.853. The molecule has 0 rings (SSSR count). The van der Waals surface area contributed by atoms with E-state index in [-0.39, 0.29) is 16.7 Å². The molecular weight excluding hydrogens is 312 g/mol. The molecule has 0 aromatic rings. The van der Waals surface area contributed by atoms with Gasteiger partial charge in [-0.1, -0.05) is 84.7 Å². The molecule has 4 N–H and O–H groups in total. The van der Waals surface area contributed by atoms with E-state index in [1.165, 1.54) is 6.08 Å². The van der Waals surface area contributed by atoms with Crippen LogP contribution in [0.4, 0.5) is 4.79 Å². The van der Waals surface area contributed by atoms with Crippen LogP contribution in [0, 0.1) is 10.8 Å². The second-order valence-corrected chi connectivity index (χ2v) is 7.73. The van der Waals surface area contributed by atoms with Crippen molar-refractivity contribution in [2.24, 2.45) is 16.6 Å². The fourth-order valence-electron chi connectivity index (χ4n) is 2.98. The van der Waals surface area contributed by atoms with E-state index in [0.717, 1.165) is 12.0 Å². The third-order valence-corrected chi connectivity index (χ3v) is 3.65. The Morgan fingerprint density at radius 2 is 1.60 bits per heavy atom. The molecule has 25 heavy (non-hydrogen) atoms. The van der Waals surface area contributed by atoms with Gasteiger partial charge in [0.05, 0.1) is 0 Å². The van der Waals surface area contributed by atoms with Crippen molar-refractivity contribution in [3.05, 3.63) is 72.7 Å². The third kappa shape index (κ3) is 7.75. The van der Waals surface area contributed by atoms with Crippen LogP contribution in [0.3, 0.4) is 0 Å². The smallest absolute Gasteiger partial charge is 0.318 e. The number of urea groups is 1. The quantitative estimate of drug-likeness (QED) is 0.413. The first-order valence-electron chi connectivity index (χ1n) is 8.17. The Hall–Kier alpha value is -2.49. The van der Waals surface area contributed by atoms with Gasteiger partial charge in [0.25, 0.3) is 0 Å². The number of allylic oxidation sites excluding steroid dienone is 8. The van der Waals surface area contributed by atoms with Crippen molar-refractivity contribution < 1.29 is 9.90 Å². The number of aliphatic hydroxyl groups excluding tert-OH is 1. The maximum atomic E-state index is 10.9. The van der Waals surface area contributed by atoms with Crippen molar-refractivity contribution in [3.63, 3.8) is 0 Å². The van der Waals surface area contributed by atoms with Crippen LogP contribution in [0.25, 0.3) is 0 Å². The molecule has 0 atom stereocenters. The van der Waals surface area contributed by atoms with Crippen LogP contribution in [0.15, 0.2) is 72.7 Å². The van der Waals surface area contributed by atoms with Crippen LogP contribution in [0.5, 0.6) is 0 Å². The lowest BCUT2D eigenvalue weighted by molar-refractivity contribution is 0.244. The Labute approximate surface area is 152 Å². The fraction of sp³-hybridized carbons (Fsp3) is 0.381. The van der Waals surface area contributed by atoms with Crippen LogP contribution < -0.4 is 11.1 Å².